The molecule has 0 amide bonds. The third kappa shape index (κ3) is 15.9. The van der Waals surface area contributed by atoms with Crippen LogP contribution in [0, 0.1) is 0 Å². The molecule has 0 saturated carbocycles. The third-order valence-corrected chi connectivity index (χ3v) is 5.32. The average Bonchev–Trinajstić information content (AvgIpc) is 3.00. The van der Waals surface area contributed by atoms with E-state index in [1.807, 2.05) is 0 Å². The van der Waals surface area contributed by atoms with Crippen LogP contribution in [0.25, 0.3) is 0 Å². The first-order valence-corrected chi connectivity index (χ1v) is 11.1. The molecule has 0 radical (unpaired) electrons. The van der Waals surface area contributed by atoms with Gasteiger partial charge in [-0.25, -0.2) is 0 Å². The standard InChI is InChI=1S/C22H44N2.BrH/c1-3-4-5-6-7-8-9-10-11-12-13-14-15-16-17-18-19-24-21-20-23(2)22-24;/h20-21H,3-19,22H2,1-2H3;1H. The van der Waals surface area contributed by atoms with E-state index in [4.69, 9.17) is 0 Å². The predicted molar refractivity (Wildman–Crippen MR) is 107 cm³/mol. The monoisotopic (exact) mass is 416 g/mol. The van der Waals surface area contributed by atoms with Gasteiger partial charge in [0.25, 0.3) is 0 Å². The average molecular weight is 418 g/mol. The predicted octanol–water partition coefficient (Wildman–Crippen LogP) is 2.51. The summed E-state index contributed by atoms with van der Waals surface area (Å²) in [7, 11) is 2.23. The Labute approximate surface area is 169 Å². The summed E-state index contributed by atoms with van der Waals surface area (Å²) in [5.74, 6) is 0. The van der Waals surface area contributed by atoms with Gasteiger partial charge in [0.15, 0.2) is 6.67 Å². The number of halogens is 1. The highest BCUT2D eigenvalue weighted by Crippen LogP contribution is 2.13. The van der Waals surface area contributed by atoms with Gasteiger partial charge in [-0.05, 0) is 6.42 Å². The molecule has 1 rings (SSSR count). The van der Waals surface area contributed by atoms with Gasteiger partial charge in [0, 0.05) is 6.54 Å². The molecule has 0 aliphatic carbocycles. The Kier molecular flexibility index (Phi) is 18.7. The smallest absolute Gasteiger partial charge is 0.156 e. The van der Waals surface area contributed by atoms with Crippen molar-refractivity contribution in [2.24, 2.45) is 0 Å². The van der Waals surface area contributed by atoms with Gasteiger partial charge >= 0.3 is 0 Å². The highest BCUT2D eigenvalue weighted by Gasteiger charge is 2.11. The minimum atomic E-state index is 0. The summed E-state index contributed by atoms with van der Waals surface area (Å²) in [6.07, 6.45) is 27.8. The molecule has 25 heavy (non-hydrogen) atoms. The van der Waals surface area contributed by atoms with Crippen molar-refractivity contribution >= 4 is 0 Å². The number of hydrogen-bond acceptors (Lipinski definition) is 1. The van der Waals surface area contributed by atoms with Crippen LogP contribution in [0.15, 0.2) is 12.4 Å². The van der Waals surface area contributed by atoms with Crippen LogP contribution in [0.5, 0.6) is 0 Å². The van der Waals surface area contributed by atoms with E-state index in [2.05, 4.69) is 31.3 Å². The molecular weight excluding hydrogens is 372 g/mol. The highest BCUT2D eigenvalue weighted by atomic mass is 79.9. The molecular formula is C22H45BrN2. The first-order valence-electron chi connectivity index (χ1n) is 11.1. The Hall–Kier alpha value is -0.0200. The van der Waals surface area contributed by atoms with Gasteiger partial charge in [0.1, 0.15) is 6.20 Å². The summed E-state index contributed by atoms with van der Waals surface area (Å²) in [4.78, 5) is 3.96. The Bertz CT molecular complexity index is 294. The Morgan fingerprint density at radius 2 is 1.08 bits per heavy atom. The molecule has 1 atom stereocenters. The first kappa shape index (κ1) is 25.0. The molecule has 1 unspecified atom stereocenters. The zero-order chi connectivity index (χ0) is 17.3. The number of quaternary nitrogens is 1. The molecule has 1 heterocycles. The van der Waals surface area contributed by atoms with Crippen LogP contribution in [-0.2, 0) is 0 Å². The topological polar surface area (TPSA) is 7.68 Å². The van der Waals surface area contributed by atoms with E-state index >= 15 is 0 Å². The van der Waals surface area contributed by atoms with Crippen molar-refractivity contribution in [3.05, 3.63) is 12.4 Å². The molecule has 0 spiro atoms. The number of nitrogens with one attached hydrogen (secondary N) is 1. The fraction of sp³-hybridized carbons (Fsp3) is 0.909. The summed E-state index contributed by atoms with van der Waals surface area (Å²) < 4.78 is 0. The third-order valence-electron chi connectivity index (χ3n) is 5.32. The van der Waals surface area contributed by atoms with Crippen LogP contribution in [0.1, 0.15) is 110 Å². The van der Waals surface area contributed by atoms with E-state index in [0.717, 1.165) is 0 Å². The van der Waals surface area contributed by atoms with E-state index in [0.29, 0.717) is 0 Å². The molecule has 0 aromatic rings. The lowest BCUT2D eigenvalue weighted by molar-refractivity contribution is -0.826. The zero-order valence-corrected chi connectivity index (χ0v) is 18.8. The van der Waals surface area contributed by atoms with Crippen molar-refractivity contribution in [2.45, 2.75) is 110 Å². The lowest BCUT2D eigenvalue weighted by Crippen LogP contribution is -3.03. The second-order valence-corrected chi connectivity index (χ2v) is 7.94. The van der Waals surface area contributed by atoms with Gasteiger partial charge in [-0.15, -0.1) is 0 Å². The van der Waals surface area contributed by atoms with Gasteiger partial charge in [-0.2, -0.15) is 0 Å². The first-order chi connectivity index (χ1) is 11.8. The molecule has 0 saturated heterocycles. The molecule has 1 aliphatic rings. The maximum atomic E-state index is 2.46. The van der Waals surface area contributed by atoms with Crippen LogP contribution < -0.4 is 21.9 Å². The number of hydrogen-bond donors (Lipinski definition) is 1. The van der Waals surface area contributed by atoms with Crippen molar-refractivity contribution in [3.8, 4) is 0 Å². The fourth-order valence-electron chi connectivity index (χ4n) is 3.67. The minimum absolute atomic E-state index is 0. The summed E-state index contributed by atoms with van der Waals surface area (Å²) in [6, 6.07) is 0. The molecule has 1 N–H and O–H groups in total. The number of nitrogens with zero attached hydrogens (tertiary/aromatic N) is 1. The van der Waals surface area contributed by atoms with Crippen molar-refractivity contribution in [2.75, 3.05) is 20.3 Å². The normalized spacial score (nSPS) is 16.4. The lowest BCUT2D eigenvalue weighted by Gasteiger charge is -2.14. The van der Waals surface area contributed by atoms with Gasteiger partial charge in [0.05, 0.1) is 13.2 Å². The quantitative estimate of drug-likeness (QED) is 0.358. The minimum Gasteiger partial charge on any atom is -1.00 e. The summed E-state index contributed by atoms with van der Waals surface area (Å²) in [5.41, 5.74) is 0. The molecule has 0 aromatic carbocycles. The maximum absolute atomic E-state index is 2.46. The second kappa shape index (κ2) is 18.8. The van der Waals surface area contributed by atoms with E-state index in [9.17, 15) is 0 Å². The zero-order valence-electron chi connectivity index (χ0n) is 17.2. The molecule has 150 valence electrons. The molecule has 0 bridgehead atoms. The van der Waals surface area contributed by atoms with Gasteiger partial charge in [-0.1, -0.05) is 103 Å². The number of unbranched alkanes of at least 4 members (excludes halogenated alkanes) is 15. The van der Waals surface area contributed by atoms with E-state index in [-0.39, 0.29) is 17.0 Å². The van der Waals surface area contributed by atoms with Crippen LogP contribution in [-0.4, -0.2) is 25.2 Å². The number of rotatable bonds is 17. The second-order valence-electron chi connectivity index (χ2n) is 7.94. The fourth-order valence-corrected chi connectivity index (χ4v) is 3.67. The lowest BCUT2D eigenvalue weighted by atomic mass is 10.0. The summed E-state index contributed by atoms with van der Waals surface area (Å²) in [6.45, 7) is 4.72. The van der Waals surface area contributed by atoms with Crippen LogP contribution in [0.3, 0.4) is 0 Å². The Morgan fingerprint density at radius 3 is 1.44 bits per heavy atom. The van der Waals surface area contributed by atoms with Crippen molar-refractivity contribution < 1.29 is 21.9 Å². The SMILES string of the molecule is CCCCCCCCCCCCCCCCCCN1C=C[NH+](C)C1.[Br-]. The molecule has 0 aromatic heterocycles. The van der Waals surface area contributed by atoms with E-state index in [1.54, 1.807) is 0 Å². The summed E-state index contributed by atoms with van der Waals surface area (Å²) in [5, 5.41) is 0. The van der Waals surface area contributed by atoms with Crippen molar-refractivity contribution in [1.82, 2.24) is 4.90 Å². The van der Waals surface area contributed by atoms with Gasteiger partial charge < -0.3 is 21.9 Å². The Morgan fingerprint density at radius 1 is 0.680 bits per heavy atom. The molecule has 2 nitrogen and oxygen atoms in total. The van der Waals surface area contributed by atoms with Gasteiger partial charge in [-0.3, -0.25) is 4.90 Å². The summed E-state index contributed by atoms with van der Waals surface area (Å²) >= 11 is 0. The van der Waals surface area contributed by atoms with Crippen LogP contribution in [0.4, 0.5) is 0 Å². The van der Waals surface area contributed by atoms with Gasteiger partial charge in [0.2, 0.25) is 0 Å². The largest absolute Gasteiger partial charge is 1.00 e. The Balaban J connectivity index is 0.00000576. The molecule has 3 heteroatoms. The maximum Gasteiger partial charge on any atom is 0.156 e. The van der Waals surface area contributed by atoms with Crippen LogP contribution >= 0.6 is 0 Å². The van der Waals surface area contributed by atoms with Crippen LogP contribution in [0.2, 0.25) is 0 Å². The highest BCUT2D eigenvalue weighted by molar-refractivity contribution is 4.77. The van der Waals surface area contributed by atoms with Crippen molar-refractivity contribution in [3.63, 3.8) is 0 Å². The van der Waals surface area contributed by atoms with Crippen molar-refractivity contribution in [1.29, 1.82) is 0 Å². The van der Waals surface area contributed by atoms with E-state index < -0.39 is 0 Å². The molecule has 0 fully saturated rings. The molecule has 1 aliphatic heterocycles. The van der Waals surface area contributed by atoms with E-state index in [1.165, 1.54) is 121 Å².